The summed E-state index contributed by atoms with van der Waals surface area (Å²) in [6, 6.07) is 0. The quantitative estimate of drug-likeness (QED) is 0.897. The molecule has 1 N–H and O–H groups in total. The Hall–Kier alpha value is -0.450. The van der Waals surface area contributed by atoms with E-state index in [1.807, 2.05) is 0 Å². The number of rotatable bonds is 4. The molecule has 0 aliphatic carbocycles. The highest BCUT2D eigenvalue weighted by Gasteiger charge is 2.35. The molecular formula is C13H22N2OS. The zero-order valence-electron chi connectivity index (χ0n) is 10.8. The number of hydrogen-bond donors (Lipinski definition) is 1. The van der Waals surface area contributed by atoms with E-state index >= 15 is 0 Å². The van der Waals surface area contributed by atoms with Gasteiger partial charge in [0.15, 0.2) is 0 Å². The van der Waals surface area contributed by atoms with Crippen molar-refractivity contribution in [2.45, 2.75) is 45.1 Å². The van der Waals surface area contributed by atoms with Gasteiger partial charge in [-0.1, -0.05) is 6.92 Å². The van der Waals surface area contributed by atoms with E-state index in [1.165, 1.54) is 5.01 Å². The Balaban J connectivity index is 2.21. The van der Waals surface area contributed by atoms with Crippen molar-refractivity contribution >= 4 is 11.3 Å². The van der Waals surface area contributed by atoms with Gasteiger partial charge in [0.25, 0.3) is 0 Å². The molecule has 0 bridgehead atoms. The lowest BCUT2D eigenvalue weighted by atomic mass is 9.91. The molecule has 1 saturated heterocycles. The first kappa shape index (κ1) is 13.0. The average molecular weight is 254 g/mol. The van der Waals surface area contributed by atoms with Crippen LogP contribution >= 0.6 is 11.3 Å². The number of nitrogens with one attached hydrogen (secondary N) is 1. The first-order valence-corrected chi connectivity index (χ1v) is 7.40. The molecule has 3 nitrogen and oxygen atoms in total. The van der Waals surface area contributed by atoms with Crippen LogP contribution < -0.4 is 5.32 Å². The topological polar surface area (TPSA) is 34.2 Å². The third-order valence-corrected chi connectivity index (χ3v) is 4.47. The highest BCUT2D eigenvalue weighted by Crippen LogP contribution is 2.34. The first-order chi connectivity index (χ1) is 8.27. The smallest absolute Gasteiger partial charge is 0.113 e. The maximum Gasteiger partial charge on any atom is 0.113 e. The van der Waals surface area contributed by atoms with Crippen LogP contribution in [0.5, 0.6) is 0 Å². The molecule has 96 valence electrons. The standard InChI is InChI=1S/C13H22N2OS/c1-3-7-14-13(5-4-8-16-9-6-13)12-15-11(2)10-17-12/h10,14H,3-9H2,1-2H3. The molecule has 0 aromatic carbocycles. The molecule has 1 fully saturated rings. The second kappa shape index (κ2) is 5.94. The van der Waals surface area contributed by atoms with Crippen LogP contribution in [0.1, 0.15) is 43.3 Å². The molecule has 1 unspecified atom stereocenters. The number of hydrogen-bond acceptors (Lipinski definition) is 4. The molecule has 4 heteroatoms. The number of aromatic nitrogens is 1. The summed E-state index contributed by atoms with van der Waals surface area (Å²) >= 11 is 1.79. The van der Waals surface area contributed by atoms with Gasteiger partial charge in [-0.2, -0.15) is 0 Å². The predicted molar refractivity (Wildman–Crippen MR) is 71.5 cm³/mol. The molecular weight excluding hydrogens is 232 g/mol. The Morgan fingerprint density at radius 1 is 1.47 bits per heavy atom. The average Bonchev–Trinajstić information content (AvgIpc) is 2.64. The van der Waals surface area contributed by atoms with E-state index in [0.29, 0.717) is 0 Å². The highest BCUT2D eigenvalue weighted by molar-refractivity contribution is 7.09. The van der Waals surface area contributed by atoms with Crippen LogP contribution in [0, 0.1) is 6.92 Å². The van der Waals surface area contributed by atoms with Crippen molar-refractivity contribution in [2.24, 2.45) is 0 Å². The molecule has 0 radical (unpaired) electrons. The minimum absolute atomic E-state index is 0.0609. The summed E-state index contributed by atoms with van der Waals surface area (Å²) in [5, 5.41) is 7.12. The monoisotopic (exact) mass is 254 g/mol. The lowest BCUT2D eigenvalue weighted by Crippen LogP contribution is -2.43. The fraction of sp³-hybridized carbons (Fsp3) is 0.769. The van der Waals surface area contributed by atoms with Crippen LogP contribution in [-0.4, -0.2) is 24.7 Å². The van der Waals surface area contributed by atoms with Gasteiger partial charge in [-0.15, -0.1) is 11.3 Å². The van der Waals surface area contributed by atoms with Crippen LogP contribution in [0.15, 0.2) is 5.38 Å². The lowest BCUT2D eigenvalue weighted by Gasteiger charge is -2.31. The van der Waals surface area contributed by atoms with Crippen molar-refractivity contribution in [3.63, 3.8) is 0 Å². The van der Waals surface area contributed by atoms with Crippen LogP contribution in [-0.2, 0) is 10.3 Å². The van der Waals surface area contributed by atoms with E-state index in [-0.39, 0.29) is 5.54 Å². The summed E-state index contributed by atoms with van der Waals surface area (Å²) in [4.78, 5) is 4.70. The van der Waals surface area contributed by atoms with Crippen molar-refractivity contribution in [2.75, 3.05) is 19.8 Å². The van der Waals surface area contributed by atoms with Crippen LogP contribution in [0.3, 0.4) is 0 Å². The van der Waals surface area contributed by atoms with Gasteiger partial charge in [-0.05, 0) is 39.2 Å². The Bertz CT molecular complexity index is 343. The van der Waals surface area contributed by atoms with Gasteiger partial charge in [-0.25, -0.2) is 4.98 Å². The van der Waals surface area contributed by atoms with Crippen LogP contribution in [0.4, 0.5) is 0 Å². The van der Waals surface area contributed by atoms with Gasteiger partial charge in [0.1, 0.15) is 5.01 Å². The summed E-state index contributed by atoms with van der Waals surface area (Å²) in [7, 11) is 0. The molecule has 0 amide bonds. The van der Waals surface area contributed by atoms with Crippen LogP contribution in [0.25, 0.3) is 0 Å². The van der Waals surface area contributed by atoms with Crippen molar-refractivity contribution in [3.8, 4) is 0 Å². The Labute approximate surface area is 108 Å². The van der Waals surface area contributed by atoms with E-state index in [4.69, 9.17) is 9.72 Å². The molecule has 1 aliphatic heterocycles. The van der Waals surface area contributed by atoms with E-state index in [9.17, 15) is 0 Å². The molecule has 1 aromatic heterocycles. The zero-order valence-corrected chi connectivity index (χ0v) is 11.6. The third kappa shape index (κ3) is 3.06. The molecule has 1 aliphatic rings. The van der Waals surface area contributed by atoms with Gasteiger partial charge in [0.2, 0.25) is 0 Å². The van der Waals surface area contributed by atoms with Gasteiger partial charge in [0, 0.05) is 24.3 Å². The number of aryl methyl sites for hydroxylation is 1. The summed E-state index contributed by atoms with van der Waals surface area (Å²) in [5.74, 6) is 0. The summed E-state index contributed by atoms with van der Waals surface area (Å²) in [6.07, 6.45) is 4.46. The molecule has 1 atom stereocenters. The van der Waals surface area contributed by atoms with Crippen LogP contribution in [0.2, 0.25) is 0 Å². The minimum Gasteiger partial charge on any atom is -0.381 e. The molecule has 1 aromatic rings. The van der Waals surface area contributed by atoms with Crippen molar-refractivity contribution < 1.29 is 4.74 Å². The van der Waals surface area contributed by atoms with Gasteiger partial charge in [-0.3, -0.25) is 0 Å². The zero-order chi connectivity index (χ0) is 12.1. The normalized spacial score (nSPS) is 25.8. The van der Waals surface area contributed by atoms with E-state index in [0.717, 1.165) is 51.1 Å². The number of thiazole rings is 1. The molecule has 2 rings (SSSR count). The van der Waals surface area contributed by atoms with Gasteiger partial charge in [0.05, 0.1) is 5.54 Å². The first-order valence-electron chi connectivity index (χ1n) is 6.52. The second-order valence-electron chi connectivity index (χ2n) is 4.77. The largest absolute Gasteiger partial charge is 0.381 e. The van der Waals surface area contributed by atoms with Crippen molar-refractivity contribution in [3.05, 3.63) is 16.1 Å². The maximum absolute atomic E-state index is 5.59. The lowest BCUT2D eigenvalue weighted by molar-refractivity contribution is 0.136. The van der Waals surface area contributed by atoms with Crippen molar-refractivity contribution in [1.82, 2.24) is 10.3 Å². The molecule has 0 spiro atoms. The molecule has 0 saturated carbocycles. The van der Waals surface area contributed by atoms with Gasteiger partial charge >= 0.3 is 0 Å². The van der Waals surface area contributed by atoms with E-state index in [1.54, 1.807) is 11.3 Å². The third-order valence-electron chi connectivity index (χ3n) is 3.31. The summed E-state index contributed by atoms with van der Waals surface area (Å²) < 4.78 is 5.59. The number of ether oxygens (including phenoxy) is 1. The van der Waals surface area contributed by atoms with Gasteiger partial charge < -0.3 is 10.1 Å². The fourth-order valence-electron chi connectivity index (χ4n) is 2.35. The Morgan fingerprint density at radius 3 is 3.06 bits per heavy atom. The fourth-order valence-corrected chi connectivity index (χ4v) is 3.39. The molecule has 2 heterocycles. The second-order valence-corrected chi connectivity index (χ2v) is 5.63. The highest BCUT2D eigenvalue weighted by atomic mass is 32.1. The van der Waals surface area contributed by atoms with Crippen molar-refractivity contribution in [1.29, 1.82) is 0 Å². The SMILES string of the molecule is CCCNC1(c2nc(C)cs2)CCCOCC1. The predicted octanol–water partition coefficient (Wildman–Crippen LogP) is 2.85. The summed E-state index contributed by atoms with van der Waals surface area (Å²) in [6.45, 7) is 7.07. The van der Waals surface area contributed by atoms with E-state index < -0.39 is 0 Å². The number of nitrogens with zero attached hydrogens (tertiary/aromatic N) is 1. The maximum atomic E-state index is 5.59. The summed E-state index contributed by atoms with van der Waals surface area (Å²) in [5.41, 5.74) is 1.19. The Morgan fingerprint density at radius 2 is 2.35 bits per heavy atom. The Kier molecular flexibility index (Phi) is 4.54. The minimum atomic E-state index is 0.0609. The molecule has 17 heavy (non-hydrogen) atoms. The van der Waals surface area contributed by atoms with E-state index in [2.05, 4.69) is 24.5 Å².